The Morgan fingerprint density at radius 2 is 2.14 bits per heavy atom. The summed E-state index contributed by atoms with van der Waals surface area (Å²) in [6, 6.07) is 3.44. The number of rotatable bonds is 7. The van der Waals surface area contributed by atoms with E-state index in [1.807, 2.05) is 6.92 Å². The Morgan fingerprint density at radius 1 is 1.36 bits per heavy atom. The van der Waals surface area contributed by atoms with Crippen LogP contribution in [0.5, 0.6) is 5.88 Å². The molecule has 120 valence electrons. The van der Waals surface area contributed by atoms with Crippen LogP contribution in [0.15, 0.2) is 22.9 Å². The fourth-order valence-corrected chi connectivity index (χ4v) is 2.04. The lowest BCUT2D eigenvalue weighted by atomic mass is 10.3. The van der Waals surface area contributed by atoms with Gasteiger partial charge in [0, 0.05) is 31.9 Å². The molecule has 0 amide bonds. The molecule has 0 radical (unpaired) electrons. The predicted octanol–water partition coefficient (Wildman–Crippen LogP) is 0.426. The number of pyridine rings is 1. The fraction of sp³-hybridized carbons (Fsp3) is 0.417. The summed E-state index contributed by atoms with van der Waals surface area (Å²) >= 11 is 0. The van der Waals surface area contributed by atoms with Crippen molar-refractivity contribution in [1.29, 1.82) is 0 Å². The molecule has 0 aliphatic rings. The van der Waals surface area contributed by atoms with E-state index in [2.05, 4.69) is 19.8 Å². The van der Waals surface area contributed by atoms with Crippen molar-refractivity contribution in [2.24, 2.45) is 0 Å². The summed E-state index contributed by atoms with van der Waals surface area (Å²) in [6.45, 7) is 2.32. The van der Waals surface area contributed by atoms with Crippen LogP contribution in [0.2, 0.25) is 0 Å². The highest BCUT2D eigenvalue weighted by atomic mass is 32.2. The van der Waals surface area contributed by atoms with Crippen LogP contribution in [-0.4, -0.2) is 48.5 Å². The minimum Gasteiger partial charge on any atom is -0.478 e. The molecule has 0 saturated heterocycles. The number of aromatic nitrogens is 3. The van der Waals surface area contributed by atoms with Crippen molar-refractivity contribution in [2.45, 2.75) is 13.5 Å². The molecule has 0 aliphatic carbocycles. The summed E-state index contributed by atoms with van der Waals surface area (Å²) in [7, 11) is -0.689. The van der Waals surface area contributed by atoms with Crippen molar-refractivity contribution in [1.82, 2.24) is 24.2 Å². The first-order valence-corrected chi connectivity index (χ1v) is 7.95. The molecule has 0 bridgehead atoms. The molecule has 2 aromatic rings. The second-order valence-electron chi connectivity index (χ2n) is 4.44. The van der Waals surface area contributed by atoms with Crippen LogP contribution in [0.4, 0.5) is 0 Å². The van der Waals surface area contributed by atoms with E-state index in [0.717, 1.165) is 4.31 Å². The number of ether oxygens (including phenoxy) is 1. The summed E-state index contributed by atoms with van der Waals surface area (Å²) in [4.78, 5) is 8.21. The zero-order valence-electron chi connectivity index (χ0n) is 12.5. The third-order valence-electron chi connectivity index (χ3n) is 2.64. The van der Waals surface area contributed by atoms with Crippen molar-refractivity contribution in [2.75, 3.05) is 20.7 Å². The molecule has 0 aliphatic heterocycles. The van der Waals surface area contributed by atoms with E-state index < -0.39 is 10.2 Å². The highest BCUT2D eigenvalue weighted by Crippen LogP contribution is 2.17. The van der Waals surface area contributed by atoms with Gasteiger partial charge in [-0.15, -0.1) is 0 Å². The van der Waals surface area contributed by atoms with Crippen LogP contribution >= 0.6 is 0 Å². The molecule has 10 heteroatoms. The molecule has 2 heterocycles. The number of hydrogen-bond acceptors (Lipinski definition) is 7. The molecule has 2 aromatic heterocycles. The van der Waals surface area contributed by atoms with Crippen molar-refractivity contribution in [3.8, 4) is 17.3 Å². The molecule has 22 heavy (non-hydrogen) atoms. The zero-order valence-corrected chi connectivity index (χ0v) is 13.3. The highest BCUT2D eigenvalue weighted by molar-refractivity contribution is 7.87. The Hall–Kier alpha value is -2.04. The first-order valence-electron chi connectivity index (χ1n) is 6.51. The van der Waals surface area contributed by atoms with Gasteiger partial charge in [0.15, 0.2) is 0 Å². The average Bonchev–Trinajstić information content (AvgIpc) is 2.95. The van der Waals surface area contributed by atoms with Crippen molar-refractivity contribution < 1.29 is 17.7 Å². The smallest absolute Gasteiger partial charge is 0.279 e. The predicted molar refractivity (Wildman–Crippen MR) is 78.1 cm³/mol. The van der Waals surface area contributed by atoms with E-state index in [-0.39, 0.29) is 12.4 Å². The normalized spacial score (nSPS) is 11.8. The maximum Gasteiger partial charge on any atom is 0.279 e. The van der Waals surface area contributed by atoms with Gasteiger partial charge in [-0.2, -0.15) is 22.4 Å². The maximum absolute atomic E-state index is 11.6. The average molecular weight is 327 g/mol. The maximum atomic E-state index is 11.6. The Bertz CT molecular complexity index is 711. The molecular weight excluding hydrogens is 310 g/mol. The van der Waals surface area contributed by atoms with Crippen LogP contribution in [0, 0.1) is 0 Å². The summed E-state index contributed by atoms with van der Waals surface area (Å²) in [5.74, 6) is 0.998. The van der Waals surface area contributed by atoms with Crippen LogP contribution in [-0.2, 0) is 16.8 Å². The van der Waals surface area contributed by atoms with E-state index in [0.29, 0.717) is 23.9 Å². The Labute approximate surface area is 128 Å². The third kappa shape index (κ3) is 4.00. The molecule has 0 atom stereocenters. The van der Waals surface area contributed by atoms with Crippen LogP contribution in [0.3, 0.4) is 0 Å². The molecule has 0 fully saturated rings. The fourth-order valence-electron chi connectivity index (χ4n) is 1.47. The summed E-state index contributed by atoms with van der Waals surface area (Å²) in [6.07, 6.45) is 1.56. The van der Waals surface area contributed by atoms with E-state index in [1.54, 1.807) is 18.3 Å². The van der Waals surface area contributed by atoms with Gasteiger partial charge in [-0.3, -0.25) is 0 Å². The van der Waals surface area contributed by atoms with Crippen molar-refractivity contribution >= 4 is 10.2 Å². The van der Waals surface area contributed by atoms with Gasteiger partial charge < -0.3 is 9.26 Å². The van der Waals surface area contributed by atoms with Crippen LogP contribution in [0.25, 0.3) is 11.4 Å². The first-order chi connectivity index (χ1) is 10.4. The number of nitrogens with zero attached hydrogens (tertiary/aromatic N) is 4. The van der Waals surface area contributed by atoms with Gasteiger partial charge in [0.1, 0.15) is 0 Å². The summed E-state index contributed by atoms with van der Waals surface area (Å²) in [5, 5.41) is 3.79. The molecule has 1 N–H and O–H groups in total. The van der Waals surface area contributed by atoms with E-state index >= 15 is 0 Å². The van der Waals surface area contributed by atoms with Gasteiger partial charge in [0.05, 0.1) is 13.2 Å². The van der Waals surface area contributed by atoms with E-state index in [4.69, 9.17) is 9.26 Å². The Balaban J connectivity index is 2.05. The second kappa shape index (κ2) is 6.81. The monoisotopic (exact) mass is 327 g/mol. The lowest BCUT2D eigenvalue weighted by Gasteiger charge is -2.10. The quantitative estimate of drug-likeness (QED) is 0.785. The SMILES string of the molecule is CCOc1ccc(-c2noc(CNS(=O)(=O)N(C)C)n2)cn1. The van der Waals surface area contributed by atoms with Crippen molar-refractivity contribution in [3.63, 3.8) is 0 Å². The van der Waals surface area contributed by atoms with Crippen molar-refractivity contribution in [3.05, 3.63) is 24.2 Å². The molecule has 0 aromatic carbocycles. The molecule has 9 nitrogen and oxygen atoms in total. The summed E-state index contributed by atoms with van der Waals surface area (Å²) < 4.78 is 36.8. The molecular formula is C12H17N5O4S. The minimum absolute atomic E-state index is 0.0853. The van der Waals surface area contributed by atoms with Gasteiger partial charge in [-0.05, 0) is 13.0 Å². The topological polar surface area (TPSA) is 110 Å². The molecule has 0 spiro atoms. The first kappa shape index (κ1) is 16.3. The van der Waals surface area contributed by atoms with Crippen LogP contribution in [0.1, 0.15) is 12.8 Å². The van der Waals surface area contributed by atoms with E-state index in [1.165, 1.54) is 14.1 Å². The molecule has 2 rings (SSSR count). The standard InChI is InChI=1S/C12H17N5O4S/c1-4-20-10-6-5-9(7-13-10)12-15-11(21-16-12)8-14-22(18,19)17(2)3/h5-7,14H,4,8H2,1-3H3. The van der Waals surface area contributed by atoms with Gasteiger partial charge in [0.2, 0.25) is 17.6 Å². The van der Waals surface area contributed by atoms with Gasteiger partial charge in [0.25, 0.3) is 10.2 Å². The minimum atomic E-state index is -3.54. The zero-order chi connectivity index (χ0) is 16.2. The number of hydrogen-bond donors (Lipinski definition) is 1. The highest BCUT2D eigenvalue weighted by Gasteiger charge is 2.15. The second-order valence-corrected chi connectivity index (χ2v) is 6.41. The van der Waals surface area contributed by atoms with Gasteiger partial charge >= 0.3 is 0 Å². The van der Waals surface area contributed by atoms with E-state index in [9.17, 15) is 8.42 Å². The molecule has 0 saturated carbocycles. The summed E-state index contributed by atoms with van der Waals surface area (Å²) in [5.41, 5.74) is 0.647. The van der Waals surface area contributed by atoms with Gasteiger partial charge in [-0.1, -0.05) is 5.16 Å². The van der Waals surface area contributed by atoms with Crippen LogP contribution < -0.4 is 9.46 Å². The lowest BCUT2D eigenvalue weighted by Crippen LogP contribution is -2.35. The lowest BCUT2D eigenvalue weighted by molar-refractivity contribution is 0.327. The third-order valence-corrected chi connectivity index (χ3v) is 4.11. The largest absolute Gasteiger partial charge is 0.478 e. The Kier molecular flexibility index (Phi) is 5.06. The molecule has 0 unspecified atom stereocenters. The Morgan fingerprint density at radius 3 is 2.73 bits per heavy atom. The number of nitrogens with one attached hydrogen (secondary N) is 1. The van der Waals surface area contributed by atoms with Gasteiger partial charge in [-0.25, -0.2) is 4.98 Å².